The molecule has 8 nitrogen and oxygen atoms in total. The molecule has 2 saturated carbocycles. The van der Waals surface area contributed by atoms with E-state index >= 15 is 0 Å². The highest BCUT2D eigenvalue weighted by atomic mass is 32.1. The third kappa shape index (κ3) is 5.96. The van der Waals surface area contributed by atoms with E-state index in [9.17, 15) is 14.7 Å². The van der Waals surface area contributed by atoms with Crippen molar-refractivity contribution in [2.24, 2.45) is 0 Å². The molecule has 3 aliphatic rings. The molecule has 9 heteroatoms. The van der Waals surface area contributed by atoms with Crippen LogP contribution in [0.2, 0.25) is 0 Å². The smallest absolute Gasteiger partial charge is 0.334 e. The number of carboxylic acid groups (broad SMARTS) is 1. The van der Waals surface area contributed by atoms with Crippen LogP contribution in [0.15, 0.2) is 6.20 Å². The zero-order valence-corrected chi connectivity index (χ0v) is 18.9. The van der Waals surface area contributed by atoms with Crippen molar-refractivity contribution in [1.29, 1.82) is 0 Å². The third-order valence-corrected chi connectivity index (χ3v) is 7.64. The molecule has 3 fully saturated rings. The summed E-state index contributed by atoms with van der Waals surface area (Å²) in [5, 5.41) is 12.9. The molecule has 1 atom stereocenters. The van der Waals surface area contributed by atoms with E-state index in [2.05, 4.69) is 20.1 Å². The minimum atomic E-state index is -0.924. The van der Waals surface area contributed by atoms with Crippen LogP contribution in [0, 0.1) is 0 Å². The van der Waals surface area contributed by atoms with Crippen molar-refractivity contribution in [1.82, 2.24) is 14.8 Å². The van der Waals surface area contributed by atoms with Gasteiger partial charge in [0.25, 0.3) is 0 Å². The second-order valence-corrected chi connectivity index (χ2v) is 10.1. The van der Waals surface area contributed by atoms with Gasteiger partial charge >= 0.3 is 12.0 Å². The zero-order chi connectivity index (χ0) is 21.6. The van der Waals surface area contributed by atoms with Gasteiger partial charge in [-0.25, -0.2) is 14.6 Å². The second-order valence-electron chi connectivity index (χ2n) is 8.99. The largest absolute Gasteiger partial charge is 0.479 e. The summed E-state index contributed by atoms with van der Waals surface area (Å²) in [6.07, 6.45) is 12.8. The van der Waals surface area contributed by atoms with Crippen LogP contribution >= 0.6 is 11.3 Å². The van der Waals surface area contributed by atoms with Gasteiger partial charge in [-0.2, -0.15) is 0 Å². The van der Waals surface area contributed by atoms with Gasteiger partial charge in [-0.15, -0.1) is 11.3 Å². The summed E-state index contributed by atoms with van der Waals surface area (Å²) < 4.78 is 5.29. The number of aliphatic carboxylic acids is 1. The highest BCUT2D eigenvalue weighted by Crippen LogP contribution is 2.31. The van der Waals surface area contributed by atoms with Gasteiger partial charge in [0.05, 0.1) is 6.61 Å². The fourth-order valence-corrected chi connectivity index (χ4v) is 6.00. The number of urea groups is 1. The molecule has 0 radical (unpaired) electrons. The molecule has 1 aromatic heterocycles. The molecule has 0 bridgehead atoms. The molecule has 1 saturated heterocycles. The maximum atomic E-state index is 13.3. The molecule has 0 aromatic carbocycles. The Hall–Kier alpha value is -1.71. The lowest BCUT2D eigenvalue weighted by molar-refractivity contribution is -0.156. The number of nitrogens with zero attached hydrogens (tertiary/aromatic N) is 3. The van der Waals surface area contributed by atoms with Crippen molar-refractivity contribution in [2.75, 3.05) is 25.0 Å². The Morgan fingerprint density at radius 1 is 1.13 bits per heavy atom. The molecular weight excluding hydrogens is 416 g/mol. The lowest BCUT2D eigenvalue weighted by Gasteiger charge is -2.41. The summed E-state index contributed by atoms with van der Waals surface area (Å²) in [4.78, 5) is 34.2. The number of thiazole rings is 1. The SMILES string of the molecule is O=C(O)C1CN(Cc2cnc(NC(=O)N(C3CCCCC3)C3CCCCC3)s2)CCO1. The predicted octanol–water partition coefficient (Wildman–Crippen LogP) is 3.93. The van der Waals surface area contributed by atoms with Gasteiger partial charge in [-0.3, -0.25) is 10.2 Å². The summed E-state index contributed by atoms with van der Waals surface area (Å²) >= 11 is 1.48. The van der Waals surface area contributed by atoms with E-state index < -0.39 is 12.1 Å². The van der Waals surface area contributed by atoms with Crippen LogP contribution in [0.3, 0.4) is 0 Å². The van der Waals surface area contributed by atoms with Crippen molar-refractivity contribution >= 4 is 28.5 Å². The number of carbonyl (C=O) groups excluding carboxylic acids is 1. The highest BCUT2D eigenvalue weighted by molar-refractivity contribution is 7.15. The van der Waals surface area contributed by atoms with Gasteiger partial charge in [-0.05, 0) is 25.7 Å². The van der Waals surface area contributed by atoms with E-state index in [-0.39, 0.29) is 6.03 Å². The van der Waals surface area contributed by atoms with Crippen LogP contribution in [-0.2, 0) is 16.1 Å². The van der Waals surface area contributed by atoms with E-state index in [4.69, 9.17) is 4.74 Å². The molecule has 4 rings (SSSR count). The molecule has 31 heavy (non-hydrogen) atoms. The fraction of sp³-hybridized carbons (Fsp3) is 0.773. The number of nitrogens with one attached hydrogen (secondary N) is 1. The lowest BCUT2D eigenvalue weighted by atomic mass is 9.89. The van der Waals surface area contributed by atoms with E-state index in [1.807, 2.05) is 0 Å². The maximum Gasteiger partial charge on any atom is 0.334 e. The summed E-state index contributed by atoms with van der Waals surface area (Å²) in [5.41, 5.74) is 0. The van der Waals surface area contributed by atoms with Crippen LogP contribution in [0.25, 0.3) is 0 Å². The van der Waals surface area contributed by atoms with Crippen molar-refractivity contribution in [3.8, 4) is 0 Å². The second kappa shape index (κ2) is 10.7. The first-order valence-corrected chi connectivity index (χ1v) is 12.5. The number of hydrogen-bond acceptors (Lipinski definition) is 6. The number of aromatic nitrogens is 1. The van der Waals surface area contributed by atoms with Crippen molar-refractivity contribution in [3.63, 3.8) is 0 Å². The predicted molar refractivity (Wildman–Crippen MR) is 119 cm³/mol. The number of anilines is 1. The van der Waals surface area contributed by atoms with Crippen molar-refractivity contribution in [2.45, 2.75) is 88.9 Å². The van der Waals surface area contributed by atoms with Gasteiger partial charge in [0, 0.05) is 42.8 Å². The van der Waals surface area contributed by atoms with Crippen LogP contribution in [0.1, 0.15) is 69.1 Å². The highest BCUT2D eigenvalue weighted by Gasteiger charge is 2.33. The molecule has 1 aliphatic heterocycles. The molecular formula is C22H34N4O4S. The van der Waals surface area contributed by atoms with E-state index in [1.54, 1.807) is 6.20 Å². The maximum absolute atomic E-state index is 13.3. The summed E-state index contributed by atoms with van der Waals surface area (Å²) in [7, 11) is 0. The van der Waals surface area contributed by atoms with Gasteiger partial charge in [0.15, 0.2) is 11.2 Å². The Bertz CT molecular complexity index is 728. The Morgan fingerprint density at radius 3 is 2.39 bits per heavy atom. The van der Waals surface area contributed by atoms with E-state index in [0.717, 1.165) is 30.6 Å². The summed E-state index contributed by atoms with van der Waals surface area (Å²) in [6, 6.07) is 0.687. The number of carboxylic acids is 1. The Labute approximate surface area is 188 Å². The first-order chi connectivity index (χ1) is 15.1. The van der Waals surface area contributed by atoms with E-state index in [0.29, 0.717) is 43.5 Å². The first-order valence-electron chi connectivity index (χ1n) is 11.7. The summed E-state index contributed by atoms with van der Waals surface area (Å²) in [5.74, 6) is -0.924. The zero-order valence-electron chi connectivity index (χ0n) is 18.1. The van der Waals surface area contributed by atoms with Gasteiger partial charge < -0.3 is 14.7 Å². The fourth-order valence-electron chi connectivity index (χ4n) is 5.16. The van der Waals surface area contributed by atoms with Crippen molar-refractivity contribution in [3.05, 3.63) is 11.1 Å². The molecule has 1 aromatic rings. The Balaban J connectivity index is 1.37. The number of morpholine rings is 1. The van der Waals surface area contributed by atoms with Gasteiger partial charge in [0.2, 0.25) is 0 Å². The third-order valence-electron chi connectivity index (χ3n) is 6.74. The lowest BCUT2D eigenvalue weighted by Crippen LogP contribution is -2.50. The number of ether oxygens (including phenoxy) is 1. The number of amides is 2. The quantitative estimate of drug-likeness (QED) is 0.682. The average molecular weight is 451 g/mol. The van der Waals surface area contributed by atoms with Crippen LogP contribution < -0.4 is 5.32 Å². The van der Waals surface area contributed by atoms with Gasteiger partial charge in [0.1, 0.15) is 0 Å². The van der Waals surface area contributed by atoms with Crippen LogP contribution in [0.4, 0.5) is 9.93 Å². The molecule has 2 aliphatic carbocycles. The molecule has 2 heterocycles. The number of rotatable bonds is 6. The van der Waals surface area contributed by atoms with Gasteiger partial charge in [-0.1, -0.05) is 38.5 Å². The minimum Gasteiger partial charge on any atom is -0.479 e. The Morgan fingerprint density at radius 2 is 1.77 bits per heavy atom. The Kier molecular flexibility index (Phi) is 7.79. The van der Waals surface area contributed by atoms with E-state index in [1.165, 1.54) is 49.9 Å². The molecule has 1 unspecified atom stereocenters. The number of carbonyl (C=O) groups is 2. The normalized spacial score (nSPS) is 24.1. The van der Waals surface area contributed by atoms with Crippen LogP contribution in [0.5, 0.6) is 0 Å². The van der Waals surface area contributed by atoms with Crippen molar-refractivity contribution < 1.29 is 19.4 Å². The standard InChI is InChI=1S/C22H34N4O4S/c27-20(28)19-15-25(11-12-30-19)14-18-13-23-21(31-18)24-22(29)26(16-7-3-1-4-8-16)17-9-5-2-6-10-17/h13,16-17,19H,1-12,14-15H2,(H,27,28)(H,23,24,29). The monoisotopic (exact) mass is 450 g/mol. The topological polar surface area (TPSA) is 95.0 Å². The molecule has 2 amide bonds. The molecule has 2 N–H and O–H groups in total. The minimum absolute atomic E-state index is 0.00277. The summed E-state index contributed by atoms with van der Waals surface area (Å²) in [6.45, 7) is 2.10. The molecule has 0 spiro atoms. The van der Waals surface area contributed by atoms with Crippen LogP contribution in [-0.4, -0.2) is 69.8 Å². The first kappa shape index (κ1) is 22.5. The molecule has 172 valence electrons. The average Bonchev–Trinajstić information content (AvgIpc) is 3.22. The number of hydrogen-bond donors (Lipinski definition) is 2.